The van der Waals surface area contributed by atoms with E-state index in [9.17, 15) is 5.26 Å². The van der Waals surface area contributed by atoms with E-state index in [1.165, 1.54) is 0 Å². The zero-order valence-electron chi connectivity index (χ0n) is 34.9. The third-order valence-electron chi connectivity index (χ3n) is 9.84. The molecule has 0 bridgehead atoms. The third-order valence-corrected chi connectivity index (χ3v) is 13.2. The maximum atomic E-state index is 9.18. The molecule has 1 unspecified atom stereocenters. The Morgan fingerprint density at radius 1 is 0.733 bits per heavy atom. The van der Waals surface area contributed by atoms with Gasteiger partial charge in [-0.2, -0.15) is 25.8 Å². The Morgan fingerprint density at radius 3 is 2.02 bits per heavy atom. The van der Waals surface area contributed by atoms with E-state index in [1.54, 1.807) is 58.4 Å². The number of nitrogens with zero attached hydrogens (tertiary/aromatic N) is 12. The second kappa shape index (κ2) is 18.2. The third kappa shape index (κ3) is 10.4. The van der Waals surface area contributed by atoms with E-state index in [1.807, 2.05) is 39.8 Å². The van der Waals surface area contributed by atoms with Crippen LogP contribution in [0.25, 0.3) is 39.4 Å². The zero-order valence-corrected chi connectivity index (χ0v) is 36.9. The fourth-order valence-corrected chi connectivity index (χ4v) is 7.96. The molecule has 1 aliphatic carbocycles. The molecule has 304 valence electrons. The number of allylic oxidation sites excluding steroid dienone is 4. The monoisotopic (exact) mass is 833 g/mol. The summed E-state index contributed by atoms with van der Waals surface area (Å²) in [5.41, 5.74) is 6.88. The van der Waals surface area contributed by atoms with Crippen LogP contribution in [0.2, 0.25) is 51.4 Å². The Labute approximate surface area is 352 Å². The number of fused-ring (bicyclic) bond motifs is 2. The van der Waals surface area contributed by atoms with Crippen LogP contribution < -0.4 is 0 Å². The Morgan fingerprint density at radius 2 is 1.37 bits per heavy atom. The van der Waals surface area contributed by atoms with Crippen LogP contribution in [0.1, 0.15) is 16.8 Å². The Hall–Kier alpha value is -6.44. The summed E-state index contributed by atoms with van der Waals surface area (Å²) in [6, 6.07) is 23.4. The normalized spacial score (nSPS) is 14.7. The van der Waals surface area contributed by atoms with E-state index in [0.717, 1.165) is 64.4 Å². The second-order valence-electron chi connectivity index (χ2n) is 17.0. The van der Waals surface area contributed by atoms with Crippen molar-refractivity contribution < 1.29 is 14.2 Å². The van der Waals surface area contributed by atoms with Crippen LogP contribution >= 0.6 is 0 Å². The van der Waals surface area contributed by atoms with Gasteiger partial charge in [0.15, 0.2) is 17.9 Å². The predicted octanol–water partition coefficient (Wildman–Crippen LogP) is 7.94. The molecule has 1 atom stereocenters. The van der Waals surface area contributed by atoms with Crippen LogP contribution in [0.3, 0.4) is 0 Å². The Balaban J connectivity index is 0.000000181. The van der Waals surface area contributed by atoms with Gasteiger partial charge >= 0.3 is 0 Å². The first kappa shape index (κ1) is 41.7. The first-order valence-electron chi connectivity index (χ1n) is 19.9. The van der Waals surface area contributed by atoms with Crippen LogP contribution in [0, 0.1) is 28.6 Å². The second-order valence-corrected chi connectivity index (χ2v) is 28.2. The van der Waals surface area contributed by atoms with Gasteiger partial charge in [0.25, 0.3) is 6.73 Å². The van der Waals surface area contributed by atoms with Crippen molar-refractivity contribution in [2.75, 3.05) is 19.9 Å². The van der Waals surface area contributed by atoms with E-state index in [4.69, 9.17) is 19.8 Å². The van der Waals surface area contributed by atoms with Crippen LogP contribution in [0.4, 0.5) is 0 Å². The van der Waals surface area contributed by atoms with Gasteiger partial charge in [0, 0.05) is 63.8 Å². The molecule has 0 fully saturated rings. The number of aromatic nitrogens is 8. The molecule has 0 saturated carbocycles. The molecule has 6 aromatic rings. The number of ether oxygens (including phenoxy) is 2. The number of pyridine rings is 2. The molecule has 1 aromatic carbocycles. The van der Waals surface area contributed by atoms with Gasteiger partial charge in [0.05, 0.1) is 65.4 Å². The maximum Gasteiger partial charge on any atom is 0.278 e. The lowest BCUT2D eigenvalue weighted by Gasteiger charge is -2.15. The summed E-state index contributed by atoms with van der Waals surface area (Å²) in [4.78, 5) is 8.73. The number of hydrogen-bond donors (Lipinski definition) is 0. The summed E-state index contributed by atoms with van der Waals surface area (Å²) < 4.78 is 19.0. The Kier molecular flexibility index (Phi) is 12.7. The molecule has 0 saturated heterocycles. The van der Waals surface area contributed by atoms with Gasteiger partial charge in [-0.25, -0.2) is 24.0 Å². The molecule has 0 N–H and O–H groups in total. The maximum absolute atomic E-state index is 9.18. The minimum Gasteiger partial charge on any atom is -0.360 e. The minimum atomic E-state index is -1.11. The average molecular weight is 834 g/mol. The van der Waals surface area contributed by atoms with Crippen molar-refractivity contribution in [3.05, 3.63) is 121 Å². The predicted molar refractivity (Wildman–Crippen MR) is 238 cm³/mol. The molecule has 1 aliphatic heterocycles. The van der Waals surface area contributed by atoms with Crippen molar-refractivity contribution in [2.24, 2.45) is 11.0 Å². The molecule has 16 heteroatoms. The van der Waals surface area contributed by atoms with Gasteiger partial charge in [-0.05, 0) is 53.6 Å². The standard InChI is InChI=1S/C22H25N6OSi.C22H24N6OSi/c1-30(2,3)11-10-29-16-27-15-19-5-4-18(13-20(19)26-27)21-7-9-25-28(21)22-12-17(14-23)6-8-24-22;1-30(2,3)11-10-29-16-27-21-13-18(4-5-19(21)15-26-27)20-7-9-25-28(20)22-12-17(14-23)6-8-24-22/h4-9,12-13,15,19H,10-11,16H2,1-3H3;4-9,12-13,15H,10-11,16H2,1-3H3/q+1;. The molecule has 8 rings (SSSR count). The smallest absolute Gasteiger partial charge is 0.278 e. The van der Waals surface area contributed by atoms with Crippen molar-refractivity contribution in [3.8, 4) is 35.0 Å². The minimum absolute atomic E-state index is 0.158. The van der Waals surface area contributed by atoms with Crippen molar-refractivity contribution in [1.82, 2.24) is 39.3 Å². The SMILES string of the molecule is C[Si](C)(C)CCOC[N+]1=CC2C=CC(c3ccnn3-c3cc(C#N)ccn3)=CC2=N1.C[Si](C)(C)CCOCn1ncc2ccc(-c3ccnn3-c3cc(C#N)ccn3)cc21. The molecule has 0 spiro atoms. The largest absolute Gasteiger partial charge is 0.360 e. The van der Waals surface area contributed by atoms with Crippen LogP contribution in [0.15, 0.2) is 109 Å². The summed E-state index contributed by atoms with van der Waals surface area (Å²) in [5, 5.41) is 37.4. The highest BCUT2D eigenvalue weighted by Gasteiger charge is 2.28. The van der Waals surface area contributed by atoms with Gasteiger partial charge < -0.3 is 9.47 Å². The first-order chi connectivity index (χ1) is 28.9. The van der Waals surface area contributed by atoms with E-state index < -0.39 is 16.1 Å². The number of rotatable bonds is 14. The molecular weight excluding hydrogens is 785 g/mol. The topological polar surface area (TPSA) is 161 Å². The molecule has 5 aromatic heterocycles. The molecule has 6 heterocycles. The lowest BCUT2D eigenvalue weighted by atomic mass is 9.95. The molecule has 0 radical (unpaired) electrons. The van der Waals surface area contributed by atoms with Gasteiger partial charge in [0.2, 0.25) is 0 Å². The van der Waals surface area contributed by atoms with Gasteiger partial charge in [0.1, 0.15) is 18.4 Å². The Bertz CT molecular complexity index is 2700. The summed E-state index contributed by atoms with van der Waals surface area (Å²) >= 11 is 0. The van der Waals surface area contributed by atoms with Crippen molar-refractivity contribution in [3.63, 3.8) is 0 Å². The summed E-state index contributed by atoms with van der Waals surface area (Å²) in [6.45, 7) is 16.5. The van der Waals surface area contributed by atoms with Crippen LogP contribution in [-0.4, -0.2) is 92.0 Å². The van der Waals surface area contributed by atoms with E-state index >= 15 is 0 Å². The highest BCUT2D eigenvalue weighted by molar-refractivity contribution is 6.76. The summed E-state index contributed by atoms with van der Waals surface area (Å²) in [7, 11) is -2.20. The highest BCUT2D eigenvalue weighted by Crippen LogP contribution is 2.28. The molecular formula is C44H49N12O2Si2+. The average Bonchev–Trinajstić information content (AvgIpc) is 4.07. The van der Waals surface area contributed by atoms with Gasteiger partial charge in [-0.1, -0.05) is 68.3 Å². The quantitative estimate of drug-likeness (QED) is 0.0603. The van der Waals surface area contributed by atoms with Crippen molar-refractivity contribution in [2.45, 2.75) is 58.1 Å². The highest BCUT2D eigenvalue weighted by atomic mass is 28.3. The van der Waals surface area contributed by atoms with Crippen molar-refractivity contribution in [1.29, 1.82) is 10.5 Å². The molecule has 0 amide bonds. The molecule has 60 heavy (non-hydrogen) atoms. The van der Waals surface area contributed by atoms with Crippen LogP contribution in [-0.2, 0) is 16.2 Å². The number of nitriles is 2. The fourth-order valence-electron chi connectivity index (χ4n) is 6.44. The first-order valence-corrected chi connectivity index (χ1v) is 27.3. The summed E-state index contributed by atoms with van der Waals surface area (Å²) in [5.74, 6) is 1.38. The van der Waals surface area contributed by atoms with E-state index in [-0.39, 0.29) is 5.92 Å². The summed E-state index contributed by atoms with van der Waals surface area (Å²) in [6.07, 6.45) is 16.9. The van der Waals surface area contributed by atoms with E-state index in [0.29, 0.717) is 36.2 Å². The van der Waals surface area contributed by atoms with Crippen LogP contribution in [0.5, 0.6) is 0 Å². The van der Waals surface area contributed by atoms with Gasteiger partial charge in [-0.3, -0.25) is 0 Å². The number of benzene rings is 1. The molecule has 14 nitrogen and oxygen atoms in total. The molecule has 2 aliphatic rings. The lowest BCUT2D eigenvalue weighted by Crippen LogP contribution is -2.22. The fraction of sp³-hybridized carbons (Fsp3) is 0.295. The number of hydrogen-bond acceptors (Lipinski definition) is 10. The lowest BCUT2D eigenvalue weighted by molar-refractivity contribution is -0.567. The van der Waals surface area contributed by atoms with E-state index in [2.05, 4.69) is 107 Å². The number of hydrazone groups is 1. The zero-order chi connectivity index (χ0) is 42.3. The van der Waals surface area contributed by atoms with Crippen molar-refractivity contribution >= 4 is 44.6 Å². The van der Waals surface area contributed by atoms with Gasteiger partial charge in [-0.15, -0.1) is 0 Å².